The Morgan fingerprint density at radius 2 is 2.00 bits per heavy atom. The summed E-state index contributed by atoms with van der Waals surface area (Å²) in [6, 6.07) is 7.16. The molecule has 1 heterocycles. The number of morpholine rings is 1. The van der Waals surface area contributed by atoms with Crippen LogP contribution in [0.5, 0.6) is 0 Å². The molecule has 0 aromatic heterocycles. The molecule has 2 rings (SSSR count). The second-order valence-corrected chi connectivity index (χ2v) is 5.28. The van der Waals surface area contributed by atoms with Crippen molar-refractivity contribution in [3.63, 3.8) is 0 Å². The fourth-order valence-electron chi connectivity index (χ4n) is 2.33. The van der Waals surface area contributed by atoms with Crippen molar-refractivity contribution in [3.8, 4) is 0 Å². The maximum Gasteiger partial charge on any atom is 0.330 e. The van der Waals surface area contributed by atoms with Crippen LogP contribution in [0.4, 0.5) is 4.79 Å². The number of nitrogens with one attached hydrogen (secondary N) is 1. The molecule has 2 amide bonds. The van der Waals surface area contributed by atoms with E-state index in [1.807, 2.05) is 13.8 Å². The van der Waals surface area contributed by atoms with Crippen molar-refractivity contribution in [1.82, 2.24) is 10.2 Å². The maximum atomic E-state index is 12.3. The smallest absolute Gasteiger partial charge is 0.330 e. The first-order valence-electron chi connectivity index (χ1n) is 6.95. The normalized spacial score (nSPS) is 23.4. The van der Waals surface area contributed by atoms with Crippen molar-refractivity contribution in [2.45, 2.75) is 32.0 Å². The maximum absolute atomic E-state index is 12.3. The van der Waals surface area contributed by atoms with Crippen LogP contribution in [-0.2, 0) is 9.53 Å². The number of aliphatic carboxylic acids is 1. The van der Waals surface area contributed by atoms with Crippen molar-refractivity contribution in [2.24, 2.45) is 0 Å². The number of rotatable bonds is 3. The molecule has 0 bridgehead atoms. The molecular formula is C15H20N2O4. The van der Waals surface area contributed by atoms with E-state index in [1.54, 1.807) is 35.2 Å². The van der Waals surface area contributed by atoms with Gasteiger partial charge >= 0.3 is 12.0 Å². The Hall–Kier alpha value is -2.08. The summed E-state index contributed by atoms with van der Waals surface area (Å²) < 4.78 is 5.47. The predicted octanol–water partition coefficient (Wildman–Crippen LogP) is 1.63. The summed E-state index contributed by atoms with van der Waals surface area (Å²) in [6.07, 6.45) is -0.0491. The number of amides is 2. The monoisotopic (exact) mass is 292 g/mol. The van der Waals surface area contributed by atoms with E-state index in [4.69, 9.17) is 4.74 Å². The van der Waals surface area contributed by atoms with Gasteiger partial charge in [0.1, 0.15) is 0 Å². The zero-order valence-corrected chi connectivity index (χ0v) is 12.2. The molecule has 3 atom stereocenters. The minimum Gasteiger partial charge on any atom is -0.479 e. The number of hydrogen-bond acceptors (Lipinski definition) is 3. The minimum absolute atomic E-state index is 0.0491. The Balaban J connectivity index is 2.10. The van der Waals surface area contributed by atoms with E-state index in [9.17, 15) is 14.7 Å². The van der Waals surface area contributed by atoms with Gasteiger partial charge in [0.2, 0.25) is 0 Å². The molecule has 1 aliphatic rings. The van der Waals surface area contributed by atoms with Crippen molar-refractivity contribution in [3.05, 3.63) is 35.9 Å². The van der Waals surface area contributed by atoms with Crippen molar-refractivity contribution >= 4 is 12.0 Å². The number of carbonyl (C=O) groups excluding carboxylic acids is 1. The number of benzene rings is 1. The fraction of sp³-hybridized carbons (Fsp3) is 0.467. The first kappa shape index (κ1) is 15.3. The molecule has 1 aromatic rings. The van der Waals surface area contributed by atoms with Crippen LogP contribution in [0.3, 0.4) is 0 Å². The van der Waals surface area contributed by atoms with Gasteiger partial charge in [0.25, 0.3) is 0 Å². The van der Waals surface area contributed by atoms with Gasteiger partial charge in [0, 0.05) is 6.54 Å². The highest BCUT2D eigenvalue weighted by atomic mass is 16.5. The standard InChI is InChI=1S/C15H20N2O4/c1-10-9-21-11(2)8-17(10)15(20)16-13(14(18)19)12-6-4-3-5-7-12/h3-7,10-11,13H,8-9H2,1-2H3,(H,16,20)(H,18,19)/t10?,11?,13-/m0/s1. The summed E-state index contributed by atoms with van der Waals surface area (Å²) >= 11 is 0. The van der Waals surface area contributed by atoms with Gasteiger partial charge in [0.05, 0.1) is 18.8 Å². The molecular weight excluding hydrogens is 272 g/mol. The van der Waals surface area contributed by atoms with Crippen molar-refractivity contribution in [2.75, 3.05) is 13.2 Å². The van der Waals surface area contributed by atoms with E-state index in [-0.39, 0.29) is 18.2 Å². The molecule has 2 unspecified atom stereocenters. The third kappa shape index (κ3) is 3.72. The molecule has 6 heteroatoms. The largest absolute Gasteiger partial charge is 0.479 e. The van der Waals surface area contributed by atoms with Gasteiger partial charge in [-0.3, -0.25) is 0 Å². The molecule has 1 saturated heterocycles. The molecule has 2 N–H and O–H groups in total. The Morgan fingerprint density at radius 3 is 2.62 bits per heavy atom. The topological polar surface area (TPSA) is 78.9 Å². The lowest BCUT2D eigenvalue weighted by Crippen LogP contribution is -2.54. The summed E-state index contributed by atoms with van der Waals surface area (Å²) in [5.41, 5.74) is 0.548. The van der Waals surface area contributed by atoms with Crippen LogP contribution < -0.4 is 5.32 Å². The Labute approximate surface area is 123 Å². The Kier molecular flexibility index (Phi) is 4.80. The van der Waals surface area contributed by atoms with Crippen LogP contribution in [-0.4, -0.2) is 47.3 Å². The Bertz CT molecular complexity index is 506. The molecule has 1 fully saturated rings. The second-order valence-electron chi connectivity index (χ2n) is 5.28. The van der Waals surface area contributed by atoms with Crippen LogP contribution in [0, 0.1) is 0 Å². The third-order valence-electron chi connectivity index (χ3n) is 3.52. The highest BCUT2D eigenvalue weighted by molar-refractivity contribution is 5.83. The number of ether oxygens (including phenoxy) is 1. The van der Waals surface area contributed by atoms with Gasteiger partial charge in [-0.25, -0.2) is 9.59 Å². The van der Waals surface area contributed by atoms with E-state index in [0.29, 0.717) is 18.7 Å². The van der Waals surface area contributed by atoms with E-state index in [2.05, 4.69) is 5.32 Å². The molecule has 1 aromatic carbocycles. The summed E-state index contributed by atoms with van der Waals surface area (Å²) in [7, 11) is 0. The number of hydrogen-bond donors (Lipinski definition) is 2. The van der Waals surface area contributed by atoms with Gasteiger partial charge in [0.15, 0.2) is 6.04 Å². The predicted molar refractivity (Wildman–Crippen MR) is 76.9 cm³/mol. The average Bonchev–Trinajstić information content (AvgIpc) is 2.47. The zero-order chi connectivity index (χ0) is 15.4. The van der Waals surface area contributed by atoms with E-state index < -0.39 is 12.0 Å². The van der Waals surface area contributed by atoms with Crippen LogP contribution in [0.15, 0.2) is 30.3 Å². The molecule has 0 aliphatic carbocycles. The number of carboxylic acid groups (broad SMARTS) is 1. The summed E-state index contributed by atoms with van der Waals surface area (Å²) in [6.45, 7) is 4.67. The summed E-state index contributed by atoms with van der Waals surface area (Å²) in [5, 5.41) is 11.9. The summed E-state index contributed by atoms with van der Waals surface area (Å²) in [4.78, 5) is 25.4. The van der Waals surface area contributed by atoms with Crippen LogP contribution >= 0.6 is 0 Å². The van der Waals surface area contributed by atoms with Gasteiger partial charge in [-0.15, -0.1) is 0 Å². The van der Waals surface area contributed by atoms with E-state index in [0.717, 1.165) is 0 Å². The zero-order valence-electron chi connectivity index (χ0n) is 12.2. The van der Waals surface area contributed by atoms with Crippen LogP contribution in [0.2, 0.25) is 0 Å². The molecule has 0 radical (unpaired) electrons. The lowest BCUT2D eigenvalue weighted by Gasteiger charge is -2.37. The molecule has 21 heavy (non-hydrogen) atoms. The number of carbonyl (C=O) groups is 2. The highest BCUT2D eigenvalue weighted by Crippen LogP contribution is 2.16. The van der Waals surface area contributed by atoms with Gasteiger partial charge in [-0.2, -0.15) is 0 Å². The van der Waals surface area contributed by atoms with Crippen LogP contribution in [0.1, 0.15) is 25.5 Å². The van der Waals surface area contributed by atoms with Gasteiger partial charge in [-0.05, 0) is 19.4 Å². The average molecular weight is 292 g/mol. The lowest BCUT2D eigenvalue weighted by molar-refractivity contribution is -0.139. The number of urea groups is 1. The fourth-order valence-corrected chi connectivity index (χ4v) is 2.33. The molecule has 114 valence electrons. The SMILES string of the molecule is CC1CN(C(=O)N[C@H](C(=O)O)c2ccccc2)C(C)CO1. The second kappa shape index (κ2) is 6.58. The van der Waals surface area contributed by atoms with E-state index in [1.165, 1.54) is 0 Å². The van der Waals surface area contributed by atoms with Crippen molar-refractivity contribution in [1.29, 1.82) is 0 Å². The highest BCUT2D eigenvalue weighted by Gasteiger charge is 2.30. The quantitative estimate of drug-likeness (QED) is 0.887. The Morgan fingerprint density at radius 1 is 1.33 bits per heavy atom. The van der Waals surface area contributed by atoms with Gasteiger partial charge in [-0.1, -0.05) is 30.3 Å². The number of nitrogens with zero attached hydrogens (tertiary/aromatic N) is 1. The summed E-state index contributed by atoms with van der Waals surface area (Å²) in [5.74, 6) is -1.08. The van der Waals surface area contributed by atoms with Crippen molar-refractivity contribution < 1.29 is 19.4 Å². The first-order valence-corrected chi connectivity index (χ1v) is 6.95. The molecule has 0 saturated carbocycles. The number of carboxylic acids is 1. The molecule has 6 nitrogen and oxygen atoms in total. The van der Waals surface area contributed by atoms with Crippen LogP contribution in [0.25, 0.3) is 0 Å². The molecule has 0 spiro atoms. The minimum atomic E-state index is -1.08. The lowest BCUT2D eigenvalue weighted by atomic mass is 10.1. The third-order valence-corrected chi connectivity index (χ3v) is 3.52. The van der Waals surface area contributed by atoms with E-state index >= 15 is 0 Å². The van der Waals surface area contributed by atoms with Gasteiger partial charge < -0.3 is 20.1 Å². The molecule has 1 aliphatic heterocycles. The first-order chi connectivity index (χ1) is 9.99.